The largest absolute Gasteiger partial charge is 0.454 e. The highest BCUT2D eigenvalue weighted by atomic mass is 32.2. The maximum Gasteiger partial charge on any atom is 0.240 e. The number of benzene rings is 1. The predicted octanol–water partition coefficient (Wildman–Crippen LogP) is 1.59. The summed E-state index contributed by atoms with van der Waals surface area (Å²) in [6.07, 6.45) is 4.62. The maximum absolute atomic E-state index is 12.2. The Morgan fingerprint density at radius 3 is 2.71 bits per heavy atom. The number of nitrogens with zero attached hydrogens (tertiary/aromatic N) is 1. The lowest BCUT2D eigenvalue weighted by Gasteiger charge is -2.08. The van der Waals surface area contributed by atoms with Crippen LogP contribution in [-0.4, -0.2) is 26.3 Å². The second kappa shape index (κ2) is 5.79. The molecule has 6 nitrogen and oxygen atoms in total. The van der Waals surface area contributed by atoms with Gasteiger partial charge in [0.25, 0.3) is 0 Å². The standard InChI is InChI=1S/C14H16N2O4S/c17-21(18,15-6-3-9-16-7-1-2-8-16)12-4-5-13-14(10-12)20-11-19-13/h1-2,4-5,7-8,10,15H,3,6,9,11H2. The van der Waals surface area contributed by atoms with Gasteiger partial charge in [0.1, 0.15) is 0 Å². The number of ether oxygens (including phenoxy) is 2. The topological polar surface area (TPSA) is 69.6 Å². The molecule has 0 saturated carbocycles. The van der Waals surface area contributed by atoms with Crippen LogP contribution in [0.1, 0.15) is 6.42 Å². The highest BCUT2D eigenvalue weighted by Gasteiger charge is 2.19. The zero-order valence-electron chi connectivity index (χ0n) is 11.4. The monoisotopic (exact) mass is 308 g/mol. The molecule has 1 aliphatic rings. The Balaban J connectivity index is 1.59. The van der Waals surface area contributed by atoms with E-state index in [1.807, 2.05) is 29.1 Å². The first kappa shape index (κ1) is 14.0. The summed E-state index contributed by atoms with van der Waals surface area (Å²) in [4.78, 5) is 0.188. The quantitative estimate of drug-likeness (QED) is 0.823. The molecule has 0 bridgehead atoms. The molecule has 0 aliphatic carbocycles. The van der Waals surface area contributed by atoms with E-state index in [0.717, 1.165) is 13.0 Å². The van der Waals surface area contributed by atoms with E-state index in [-0.39, 0.29) is 11.7 Å². The fraction of sp³-hybridized carbons (Fsp3) is 0.286. The van der Waals surface area contributed by atoms with Crippen LogP contribution >= 0.6 is 0 Å². The number of hydrogen-bond donors (Lipinski definition) is 1. The minimum atomic E-state index is -3.52. The molecule has 0 saturated heterocycles. The van der Waals surface area contributed by atoms with Crippen molar-refractivity contribution in [1.29, 1.82) is 0 Å². The van der Waals surface area contributed by atoms with E-state index in [1.54, 1.807) is 6.07 Å². The van der Waals surface area contributed by atoms with Crippen molar-refractivity contribution in [3.8, 4) is 11.5 Å². The molecule has 0 atom stereocenters. The minimum absolute atomic E-state index is 0.128. The molecular formula is C14H16N2O4S. The second-order valence-electron chi connectivity index (χ2n) is 4.69. The van der Waals surface area contributed by atoms with E-state index < -0.39 is 10.0 Å². The van der Waals surface area contributed by atoms with Crippen molar-refractivity contribution in [2.24, 2.45) is 0 Å². The number of nitrogens with one attached hydrogen (secondary N) is 1. The molecule has 0 unspecified atom stereocenters. The second-order valence-corrected chi connectivity index (χ2v) is 6.45. The molecule has 1 N–H and O–H groups in total. The third-order valence-electron chi connectivity index (χ3n) is 3.21. The van der Waals surface area contributed by atoms with E-state index in [2.05, 4.69) is 4.72 Å². The molecule has 0 amide bonds. The van der Waals surface area contributed by atoms with Crippen LogP contribution in [-0.2, 0) is 16.6 Å². The van der Waals surface area contributed by atoms with E-state index >= 15 is 0 Å². The average Bonchev–Trinajstić information content (AvgIpc) is 3.13. The van der Waals surface area contributed by atoms with Gasteiger partial charge < -0.3 is 14.0 Å². The van der Waals surface area contributed by atoms with E-state index in [9.17, 15) is 8.42 Å². The van der Waals surface area contributed by atoms with Gasteiger partial charge in [-0.15, -0.1) is 0 Å². The van der Waals surface area contributed by atoms with Gasteiger partial charge in [0, 0.05) is 31.5 Å². The molecule has 1 aliphatic heterocycles. The number of sulfonamides is 1. The Morgan fingerprint density at radius 2 is 1.90 bits per heavy atom. The van der Waals surface area contributed by atoms with Crippen molar-refractivity contribution in [2.45, 2.75) is 17.9 Å². The van der Waals surface area contributed by atoms with Crippen molar-refractivity contribution in [3.63, 3.8) is 0 Å². The molecule has 2 heterocycles. The number of hydrogen-bond acceptors (Lipinski definition) is 4. The lowest BCUT2D eigenvalue weighted by atomic mass is 10.3. The average molecular weight is 308 g/mol. The van der Waals surface area contributed by atoms with Gasteiger partial charge in [-0.05, 0) is 30.7 Å². The van der Waals surface area contributed by atoms with Crippen LogP contribution in [0, 0.1) is 0 Å². The lowest BCUT2D eigenvalue weighted by Crippen LogP contribution is -2.25. The fourth-order valence-electron chi connectivity index (χ4n) is 2.11. The Labute approximate surface area is 123 Å². The van der Waals surface area contributed by atoms with Crippen LogP contribution in [0.15, 0.2) is 47.6 Å². The first-order valence-electron chi connectivity index (χ1n) is 6.65. The van der Waals surface area contributed by atoms with Crippen molar-refractivity contribution < 1.29 is 17.9 Å². The molecular weight excluding hydrogens is 292 g/mol. The van der Waals surface area contributed by atoms with Crippen LogP contribution in [0.2, 0.25) is 0 Å². The van der Waals surface area contributed by atoms with Gasteiger partial charge in [0.15, 0.2) is 11.5 Å². The van der Waals surface area contributed by atoms with Crippen molar-refractivity contribution in [2.75, 3.05) is 13.3 Å². The number of fused-ring (bicyclic) bond motifs is 1. The summed E-state index contributed by atoms with van der Waals surface area (Å²) in [5.41, 5.74) is 0. The van der Waals surface area contributed by atoms with Gasteiger partial charge in [0.05, 0.1) is 4.90 Å². The molecule has 21 heavy (non-hydrogen) atoms. The van der Waals surface area contributed by atoms with Crippen LogP contribution in [0.25, 0.3) is 0 Å². The third kappa shape index (κ3) is 3.20. The number of aromatic nitrogens is 1. The third-order valence-corrected chi connectivity index (χ3v) is 4.66. The van der Waals surface area contributed by atoms with Crippen LogP contribution < -0.4 is 14.2 Å². The van der Waals surface area contributed by atoms with Crippen molar-refractivity contribution in [1.82, 2.24) is 9.29 Å². The first-order valence-corrected chi connectivity index (χ1v) is 8.13. The SMILES string of the molecule is O=S(=O)(NCCCn1cccc1)c1ccc2c(c1)OCO2. The molecule has 1 aromatic carbocycles. The summed E-state index contributed by atoms with van der Waals surface area (Å²) >= 11 is 0. The summed E-state index contributed by atoms with van der Waals surface area (Å²) in [5, 5.41) is 0. The highest BCUT2D eigenvalue weighted by molar-refractivity contribution is 7.89. The normalized spacial score (nSPS) is 13.5. The van der Waals surface area contributed by atoms with Crippen molar-refractivity contribution in [3.05, 3.63) is 42.7 Å². The molecule has 7 heteroatoms. The first-order chi connectivity index (χ1) is 10.1. The minimum Gasteiger partial charge on any atom is -0.454 e. The van der Waals surface area contributed by atoms with Gasteiger partial charge in [-0.2, -0.15) is 0 Å². The Hall–Kier alpha value is -1.99. The lowest BCUT2D eigenvalue weighted by molar-refractivity contribution is 0.174. The van der Waals surface area contributed by atoms with Crippen molar-refractivity contribution >= 4 is 10.0 Å². The molecule has 0 radical (unpaired) electrons. The van der Waals surface area contributed by atoms with E-state index in [1.165, 1.54) is 12.1 Å². The Morgan fingerprint density at radius 1 is 1.14 bits per heavy atom. The smallest absolute Gasteiger partial charge is 0.240 e. The molecule has 0 fully saturated rings. The highest BCUT2D eigenvalue weighted by Crippen LogP contribution is 2.33. The maximum atomic E-state index is 12.2. The van der Waals surface area contributed by atoms with Crippen LogP contribution in [0.4, 0.5) is 0 Å². The summed E-state index contributed by atoms with van der Waals surface area (Å²) in [7, 11) is -3.52. The molecule has 2 aromatic rings. The summed E-state index contributed by atoms with van der Waals surface area (Å²) in [6.45, 7) is 1.29. The summed E-state index contributed by atoms with van der Waals surface area (Å²) in [6, 6.07) is 8.49. The number of rotatable bonds is 6. The van der Waals surface area contributed by atoms with E-state index in [4.69, 9.17) is 9.47 Å². The Kier molecular flexibility index (Phi) is 3.85. The van der Waals surface area contributed by atoms with Gasteiger partial charge in [-0.1, -0.05) is 0 Å². The predicted molar refractivity (Wildman–Crippen MR) is 76.8 cm³/mol. The molecule has 112 valence electrons. The molecule has 0 spiro atoms. The van der Waals surface area contributed by atoms with E-state index in [0.29, 0.717) is 18.0 Å². The van der Waals surface area contributed by atoms with Gasteiger partial charge in [-0.3, -0.25) is 0 Å². The molecule has 3 rings (SSSR count). The Bertz CT molecular complexity index is 711. The zero-order chi connectivity index (χ0) is 14.7. The van der Waals surface area contributed by atoms with Crippen LogP contribution in [0.3, 0.4) is 0 Å². The van der Waals surface area contributed by atoms with Crippen LogP contribution in [0.5, 0.6) is 11.5 Å². The zero-order valence-corrected chi connectivity index (χ0v) is 12.2. The van der Waals surface area contributed by atoms with Gasteiger partial charge in [-0.25, -0.2) is 13.1 Å². The summed E-state index contributed by atoms with van der Waals surface area (Å²) < 4.78 is 39.3. The molecule has 1 aromatic heterocycles. The fourth-order valence-corrected chi connectivity index (χ4v) is 3.20. The van der Waals surface area contributed by atoms with Gasteiger partial charge >= 0.3 is 0 Å². The number of aryl methyl sites for hydroxylation is 1. The van der Waals surface area contributed by atoms with Gasteiger partial charge in [0.2, 0.25) is 16.8 Å². The summed E-state index contributed by atoms with van der Waals surface area (Å²) in [5.74, 6) is 1.03.